The van der Waals surface area contributed by atoms with Crippen molar-refractivity contribution in [3.63, 3.8) is 0 Å². The van der Waals surface area contributed by atoms with Gasteiger partial charge in [0.15, 0.2) is 0 Å². The van der Waals surface area contributed by atoms with Gasteiger partial charge in [-0.15, -0.1) is 11.8 Å². The van der Waals surface area contributed by atoms with Gasteiger partial charge in [-0.2, -0.15) is 0 Å². The fourth-order valence-corrected chi connectivity index (χ4v) is 1.84. The summed E-state index contributed by atoms with van der Waals surface area (Å²) in [4.78, 5) is 12.5. The van der Waals surface area contributed by atoms with Crippen LogP contribution in [0.15, 0.2) is 29.2 Å². The average Bonchev–Trinajstić information content (AvgIpc) is 2.26. The highest BCUT2D eigenvalue weighted by atomic mass is 32.2. The topological polar surface area (TPSA) is 38.3 Å². The van der Waals surface area contributed by atoms with Crippen molar-refractivity contribution in [2.24, 2.45) is 0 Å². The van der Waals surface area contributed by atoms with Crippen LogP contribution in [-0.2, 0) is 9.53 Å². The summed E-state index contributed by atoms with van der Waals surface area (Å²) in [5.41, 5.74) is 0.968. The lowest BCUT2D eigenvalue weighted by atomic mass is 10.3. The highest BCUT2D eigenvalue weighted by Gasteiger charge is 2.06. The number of anilines is 1. The molecule has 0 radical (unpaired) electrons. The highest BCUT2D eigenvalue weighted by molar-refractivity contribution is 7.98. The van der Waals surface area contributed by atoms with Crippen molar-refractivity contribution in [1.29, 1.82) is 0 Å². The highest BCUT2D eigenvalue weighted by Crippen LogP contribution is 2.24. The van der Waals surface area contributed by atoms with E-state index in [4.69, 9.17) is 4.74 Å². The molecule has 0 aliphatic heterocycles. The van der Waals surface area contributed by atoms with E-state index >= 15 is 0 Å². The average molecular weight is 239 g/mol. The Hall–Kier alpha value is -1.16. The number of hydrogen-bond donors (Lipinski definition) is 1. The van der Waals surface area contributed by atoms with Crippen molar-refractivity contribution in [2.75, 3.05) is 18.1 Å². The van der Waals surface area contributed by atoms with Crippen molar-refractivity contribution in [3.05, 3.63) is 24.3 Å². The maximum absolute atomic E-state index is 11.3. The van der Waals surface area contributed by atoms with Crippen LogP contribution in [0.5, 0.6) is 0 Å². The standard InChI is InChI=1S/C12H17NO2S/c1-9(2)15-12(14)8-13-10-6-4-5-7-11(10)16-3/h4-7,9,13H,8H2,1-3H3. The summed E-state index contributed by atoms with van der Waals surface area (Å²) in [6.45, 7) is 3.89. The summed E-state index contributed by atoms with van der Waals surface area (Å²) in [5, 5.41) is 3.07. The van der Waals surface area contributed by atoms with E-state index < -0.39 is 0 Å². The lowest BCUT2D eigenvalue weighted by Gasteiger charge is -2.11. The maximum atomic E-state index is 11.3. The van der Waals surface area contributed by atoms with Gasteiger partial charge >= 0.3 is 5.97 Å². The van der Waals surface area contributed by atoms with Crippen LogP contribution in [0, 0.1) is 0 Å². The van der Waals surface area contributed by atoms with Crippen LogP contribution in [0.25, 0.3) is 0 Å². The van der Waals surface area contributed by atoms with E-state index in [9.17, 15) is 4.79 Å². The second kappa shape index (κ2) is 6.43. The van der Waals surface area contributed by atoms with E-state index in [2.05, 4.69) is 5.32 Å². The number of benzene rings is 1. The summed E-state index contributed by atoms with van der Waals surface area (Å²) >= 11 is 1.65. The van der Waals surface area contributed by atoms with Gasteiger partial charge in [0.25, 0.3) is 0 Å². The van der Waals surface area contributed by atoms with E-state index in [1.54, 1.807) is 11.8 Å². The van der Waals surface area contributed by atoms with E-state index in [1.807, 2.05) is 44.4 Å². The number of ether oxygens (including phenoxy) is 1. The molecule has 88 valence electrons. The Bertz CT molecular complexity index is 353. The Morgan fingerprint density at radius 2 is 2.12 bits per heavy atom. The minimum absolute atomic E-state index is 0.0647. The Balaban J connectivity index is 2.51. The molecular formula is C12H17NO2S. The van der Waals surface area contributed by atoms with Crippen LogP contribution in [0.4, 0.5) is 5.69 Å². The third-order valence-corrected chi connectivity index (χ3v) is 2.69. The van der Waals surface area contributed by atoms with Crippen LogP contribution in [0.2, 0.25) is 0 Å². The number of hydrogen-bond acceptors (Lipinski definition) is 4. The number of thioether (sulfide) groups is 1. The van der Waals surface area contributed by atoms with Crippen molar-refractivity contribution in [1.82, 2.24) is 0 Å². The molecule has 3 nitrogen and oxygen atoms in total. The molecule has 0 unspecified atom stereocenters. The predicted molar refractivity (Wildman–Crippen MR) is 67.9 cm³/mol. The molecule has 4 heteroatoms. The molecule has 1 aromatic rings. The molecule has 0 aromatic heterocycles. The van der Waals surface area contributed by atoms with Crippen molar-refractivity contribution in [2.45, 2.75) is 24.8 Å². The third kappa shape index (κ3) is 4.14. The zero-order valence-corrected chi connectivity index (χ0v) is 10.6. The molecule has 1 aromatic carbocycles. The first-order valence-electron chi connectivity index (χ1n) is 5.20. The molecule has 0 aliphatic carbocycles. The minimum atomic E-state index is -0.231. The molecule has 16 heavy (non-hydrogen) atoms. The van der Waals surface area contributed by atoms with Gasteiger partial charge in [-0.05, 0) is 32.2 Å². The summed E-state index contributed by atoms with van der Waals surface area (Å²) in [7, 11) is 0. The van der Waals surface area contributed by atoms with Gasteiger partial charge in [-0.25, -0.2) is 0 Å². The van der Waals surface area contributed by atoms with Gasteiger partial charge in [0.2, 0.25) is 0 Å². The Kier molecular flexibility index (Phi) is 5.19. The summed E-state index contributed by atoms with van der Waals surface area (Å²) in [6, 6.07) is 7.88. The van der Waals surface area contributed by atoms with E-state index in [0.717, 1.165) is 10.6 Å². The third-order valence-electron chi connectivity index (χ3n) is 1.90. The number of nitrogens with one attached hydrogen (secondary N) is 1. The normalized spacial score (nSPS) is 10.2. The smallest absolute Gasteiger partial charge is 0.325 e. The number of esters is 1. The molecule has 1 N–H and O–H groups in total. The largest absolute Gasteiger partial charge is 0.462 e. The summed E-state index contributed by atoms with van der Waals surface area (Å²) in [5.74, 6) is -0.231. The lowest BCUT2D eigenvalue weighted by molar-refractivity contribution is -0.145. The maximum Gasteiger partial charge on any atom is 0.325 e. The Morgan fingerprint density at radius 1 is 1.44 bits per heavy atom. The zero-order valence-electron chi connectivity index (χ0n) is 9.82. The first-order chi connectivity index (χ1) is 7.63. The zero-order chi connectivity index (χ0) is 12.0. The van der Waals surface area contributed by atoms with Crippen LogP contribution in [0.3, 0.4) is 0 Å². The molecule has 0 spiro atoms. The number of carbonyl (C=O) groups excluding carboxylic acids is 1. The van der Waals surface area contributed by atoms with Crippen molar-refractivity contribution >= 4 is 23.4 Å². The van der Waals surface area contributed by atoms with Gasteiger partial charge in [-0.3, -0.25) is 4.79 Å². The van der Waals surface area contributed by atoms with Gasteiger partial charge < -0.3 is 10.1 Å². The van der Waals surface area contributed by atoms with Crippen LogP contribution in [-0.4, -0.2) is 24.9 Å². The van der Waals surface area contributed by atoms with E-state index in [1.165, 1.54) is 0 Å². The number of para-hydroxylation sites is 1. The fourth-order valence-electron chi connectivity index (χ4n) is 1.26. The van der Waals surface area contributed by atoms with Gasteiger partial charge in [0.05, 0.1) is 6.10 Å². The molecule has 0 aliphatic rings. The molecule has 0 fully saturated rings. The van der Waals surface area contributed by atoms with Crippen LogP contribution >= 0.6 is 11.8 Å². The molecule has 0 atom stereocenters. The molecule has 0 saturated heterocycles. The fraction of sp³-hybridized carbons (Fsp3) is 0.417. The van der Waals surface area contributed by atoms with Crippen molar-refractivity contribution < 1.29 is 9.53 Å². The van der Waals surface area contributed by atoms with Crippen LogP contribution in [0.1, 0.15) is 13.8 Å². The molecule has 1 rings (SSSR count). The lowest BCUT2D eigenvalue weighted by Crippen LogP contribution is -2.20. The molecule has 0 bridgehead atoms. The molecule has 0 amide bonds. The van der Waals surface area contributed by atoms with Crippen molar-refractivity contribution in [3.8, 4) is 0 Å². The number of rotatable bonds is 5. The second-order valence-electron chi connectivity index (χ2n) is 3.59. The van der Waals surface area contributed by atoms with Crippen LogP contribution < -0.4 is 5.32 Å². The summed E-state index contributed by atoms with van der Waals surface area (Å²) < 4.78 is 5.04. The second-order valence-corrected chi connectivity index (χ2v) is 4.44. The van der Waals surface area contributed by atoms with E-state index in [0.29, 0.717) is 0 Å². The molecular weight excluding hydrogens is 222 g/mol. The first kappa shape index (κ1) is 12.9. The summed E-state index contributed by atoms with van der Waals surface area (Å²) in [6.07, 6.45) is 1.94. The van der Waals surface area contributed by atoms with Gasteiger partial charge in [0, 0.05) is 10.6 Å². The quantitative estimate of drug-likeness (QED) is 0.633. The molecule has 0 heterocycles. The minimum Gasteiger partial charge on any atom is -0.462 e. The Labute approximate surface area is 101 Å². The Morgan fingerprint density at radius 3 is 2.75 bits per heavy atom. The molecule has 0 saturated carbocycles. The first-order valence-corrected chi connectivity index (χ1v) is 6.42. The monoisotopic (exact) mass is 239 g/mol. The predicted octanol–water partition coefficient (Wildman–Crippen LogP) is 2.77. The van der Waals surface area contributed by atoms with Gasteiger partial charge in [0.1, 0.15) is 6.54 Å². The SMILES string of the molecule is CSc1ccccc1NCC(=O)OC(C)C. The number of carbonyl (C=O) groups is 1. The van der Waals surface area contributed by atoms with E-state index in [-0.39, 0.29) is 18.6 Å². The van der Waals surface area contributed by atoms with Gasteiger partial charge in [-0.1, -0.05) is 12.1 Å².